The molecule has 0 aliphatic heterocycles. The lowest BCUT2D eigenvalue weighted by Crippen LogP contribution is -2.34. The van der Waals surface area contributed by atoms with Crippen LogP contribution in [0.15, 0.2) is 33.1 Å². The summed E-state index contributed by atoms with van der Waals surface area (Å²) in [4.78, 5) is 62.9. The highest BCUT2D eigenvalue weighted by molar-refractivity contribution is 7.16. The summed E-state index contributed by atoms with van der Waals surface area (Å²) in [6.45, 7) is 3.73. The topological polar surface area (TPSA) is 135 Å². The molecule has 2 atom stereocenters. The third-order valence-electron chi connectivity index (χ3n) is 14.6. The van der Waals surface area contributed by atoms with E-state index in [-0.39, 0.29) is 84.9 Å². The number of aromatic nitrogens is 2. The van der Waals surface area contributed by atoms with Crippen molar-refractivity contribution in [2.24, 2.45) is 35.5 Å². The quantitative estimate of drug-likeness (QED) is 0.150. The van der Waals surface area contributed by atoms with Crippen LogP contribution in [-0.2, 0) is 57.7 Å². The van der Waals surface area contributed by atoms with Crippen molar-refractivity contribution < 1.29 is 55.7 Å². The summed E-state index contributed by atoms with van der Waals surface area (Å²) >= 11 is 5.44. The molecule has 0 amide bonds. The first-order valence-electron chi connectivity index (χ1n) is 22.5. The second-order valence-electron chi connectivity index (χ2n) is 18.7. The molecule has 18 heteroatoms. The largest absolute Gasteiger partial charge is 0.478 e. The smallest absolute Gasteiger partial charge is 0.392 e. The molecule has 352 valence electrons. The Labute approximate surface area is 393 Å². The molecular formula is C48H48F6N2O6S4. The van der Waals surface area contributed by atoms with Crippen molar-refractivity contribution in [2.45, 2.75) is 129 Å². The van der Waals surface area contributed by atoms with Crippen molar-refractivity contribution in [3.8, 4) is 21.1 Å². The SMILES string of the molecule is Cc1csc(-c2c(CC(=O)C3=C(C(=O)O)C4CCC3CC4)sc3c2CC[C@@H](C(F)(F)F)C3)n1.Cc1csc(-c2c(CC(=O)C3=C(C(=O)O)C4CCC3CC4)sc3c2CC[C@H](C(F)(F)F)C3)n1. The molecule has 4 aromatic rings. The first kappa shape index (κ1) is 47.1. The summed E-state index contributed by atoms with van der Waals surface area (Å²) < 4.78 is 80.4. The van der Waals surface area contributed by atoms with Gasteiger partial charge in [0.25, 0.3) is 0 Å². The van der Waals surface area contributed by atoms with Gasteiger partial charge in [0.15, 0.2) is 11.6 Å². The number of hydrogen-bond acceptors (Lipinski definition) is 10. The van der Waals surface area contributed by atoms with Gasteiger partial charge >= 0.3 is 24.3 Å². The van der Waals surface area contributed by atoms with E-state index in [1.54, 1.807) is 0 Å². The average molecular weight is 991 g/mol. The highest BCUT2D eigenvalue weighted by Gasteiger charge is 2.46. The summed E-state index contributed by atoms with van der Waals surface area (Å²) in [5.41, 5.74) is 6.48. The minimum absolute atomic E-state index is 0.0247. The Morgan fingerprint density at radius 1 is 0.561 bits per heavy atom. The molecule has 0 radical (unpaired) electrons. The van der Waals surface area contributed by atoms with Crippen molar-refractivity contribution in [2.75, 3.05) is 0 Å². The third-order valence-corrected chi connectivity index (χ3v) is 19.1. The molecule has 12 rings (SSSR count). The van der Waals surface area contributed by atoms with E-state index >= 15 is 0 Å². The zero-order chi connectivity index (χ0) is 47.0. The number of ketones is 2. The number of aryl methyl sites for hydroxylation is 2. The van der Waals surface area contributed by atoms with E-state index < -0.39 is 36.1 Å². The zero-order valence-electron chi connectivity index (χ0n) is 36.3. The Kier molecular flexibility index (Phi) is 12.9. The molecule has 0 saturated heterocycles. The van der Waals surface area contributed by atoms with Gasteiger partial charge in [0, 0.05) is 87.9 Å². The predicted molar refractivity (Wildman–Crippen MR) is 241 cm³/mol. The maximum atomic E-state index is 13.5. The van der Waals surface area contributed by atoms with Crippen molar-refractivity contribution in [1.29, 1.82) is 0 Å². The van der Waals surface area contributed by atoms with Crippen LogP contribution in [0, 0.1) is 49.4 Å². The molecular weight excluding hydrogens is 943 g/mol. The van der Waals surface area contributed by atoms with Gasteiger partial charge in [-0.2, -0.15) is 26.3 Å². The summed E-state index contributed by atoms with van der Waals surface area (Å²) in [5.74, 6) is -5.34. The Balaban J connectivity index is 0.000000166. The Hall–Kier alpha value is -4.00. The second kappa shape index (κ2) is 18.1. The van der Waals surface area contributed by atoms with Gasteiger partial charge in [-0.1, -0.05) is 0 Å². The summed E-state index contributed by atoms with van der Waals surface area (Å²) in [5, 5.41) is 24.9. The fraction of sp³-hybridized carbons (Fsp3) is 0.542. The van der Waals surface area contributed by atoms with Crippen molar-refractivity contribution >= 4 is 68.9 Å². The van der Waals surface area contributed by atoms with Crippen LogP contribution in [0.2, 0.25) is 0 Å². The van der Waals surface area contributed by atoms with E-state index in [1.807, 2.05) is 24.6 Å². The predicted octanol–water partition coefficient (Wildman–Crippen LogP) is 12.3. The number of hydrogen-bond donors (Lipinski definition) is 2. The Morgan fingerprint density at radius 2 is 0.894 bits per heavy atom. The summed E-state index contributed by atoms with van der Waals surface area (Å²) in [6, 6.07) is 0. The number of rotatable bonds is 10. The average Bonchev–Trinajstić information content (AvgIpc) is 4.07. The van der Waals surface area contributed by atoms with Crippen LogP contribution < -0.4 is 0 Å². The highest BCUT2D eigenvalue weighted by Crippen LogP contribution is 2.51. The lowest BCUT2D eigenvalue weighted by atomic mass is 9.65. The normalized spacial score (nSPS) is 24.8. The van der Waals surface area contributed by atoms with Crippen LogP contribution >= 0.6 is 45.3 Å². The number of thiophene rings is 2. The van der Waals surface area contributed by atoms with Gasteiger partial charge in [-0.15, -0.1) is 45.3 Å². The fourth-order valence-corrected chi connectivity index (χ4v) is 16.4. The molecule has 4 bridgehead atoms. The van der Waals surface area contributed by atoms with Crippen LogP contribution in [0.3, 0.4) is 0 Å². The summed E-state index contributed by atoms with van der Waals surface area (Å²) in [7, 11) is 0. The second-order valence-corrected chi connectivity index (χ2v) is 22.8. The lowest BCUT2D eigenvalue weighted by Gasteiger charge is -2.38. The third kappa shape index (κ3) is 9.04. The minimum atomic E-state index is -4.24. The number of Topliss-reactive ketones (excluding diaryl/α,β-unsaturated/α-hetero) is 2. The van der Waals surface area contributed by atoms with E-state index in [1.165, 1.54) is 45.3 Å². The number of alkyl halides is 6. The molecule has 4 heterocycles. The van der Waals surface area contributed by atoms with E-state index in [0.717, 1.165) is 105 Å². The van der Waals surface area contributed by atoms with E-state index in [0.29, 0.717) is 33.7 Å². The zero-order valence-corrected chi connectivity index (χ0v) is 39.5. The molecule has 2 fully saturated rings. The van der Waals surface area contributed by atoms with Crippen molar-refractivity contribution in [3.63, 3.8) is 0 Å². The first-order valence-corrected chi connectivity index (χ1v) is 25.9. The monoisotopic (exact) mass is 990 g/mol. The first-order chi connectivity index (χ1) is 31.3. The van der Waals surface area contributed by atoms with Crippen LogP contribution in [-0.4, -0.2) is 56.0 Å². The number of carbonyl (C=O) groups is 4. The molecule has 0 aromatic carbocycles. The Morgan fingerprint density at radius 3 is 1.18 bits per heavy atom. The van der Waals surface area contributed by atoms with Crippen LogP contribution in [0.1, 0.15) is 106 Å². The maximum absolute atomic E-state index is 13.5. The van der Waals surface area contributed by atoms with Crippen LogP contribution in [0.25, 0.3) is 21.1 Å². The number of fused-ring (bicyclic) bond motifs is 6. The van der Waals surface area contributed by atoms with Gasteiger partial charge in [0.05, 0.1) is 11.8 Å². The van der Waals surface area contributed by atoms with Crippen molar-refractivity contribution in [3.05, 3.63) is 75.1 Å². The number of thiazole rings is 2. The fourth-order valence-electron chi connectivity index (χ4n) is 11.6. The number of carboxylic acid groups (broad SMARTS) is 2. The number of carboxylic acids is 2. The molecule has 0 unspecified atom stereocenters. The molecule has 66 heavy (non-hydrogen) atoms. The molecule has 2 saturated carbocycles. The minimum Gasteiger partial charge on any atom is -0.478 e. The van der Waals surface area contributed by atoms with Crippen molar-refractivity contribution in [1.82, 2.24) is 9.97 Å². The molecule has 0 spiro atoms. The molecule has 8 nitrogen and oxygen atoms in total. The molecule has 8 aliphatic rings. The molecule has 8 aliphatic carbocycles. The van der Waals surface area contributed by atoms with Gasteiger partial charge in [-0.05, 0) is 139 Å². The highest BCUT2D eigenvalue weighted by atomic mass is 32.1. The number of aliphatic carboxylic acids is 2. The van der Waals surface area contributed by atoms with E-state index in [2.05, 4.69) is 9.97 Å². The molecule has 4 aromatic heterocycles. The van der Waals surface area contributed by atoms with Gasteiger partial charge in [0.2, 0.25) is 0 Å². The van der Waals surface area contributed by atoms with Gasteiger partial charge < -0.3 is 10.2 Å². The lowest BCUT2D eigenvalue weighted by molar-refractivity contribution is -0.177. The number of allylic oxidation sites excluding steroid dienone is 2. The van der Waals surface area contributed by atoms with E-state index in [9.17, 15) is 55.7 Å². The maximum Gasteiger partial charge on any atom is 0.392 e. The van der Waals surface area contributed by atoms with Crippen LogP contribution in [0.5, 0.6) is 0 Å². The van der Waals surface area contributed by atoms with E-state index in [4.69, 9.17) is 0 Å². The number of carbonyl (C=O) groups excluding carboxylic acids is 2. The standard InChI is InChI=1S/2C24H24F3NO3S2/c2*1-11-10-32-22(28-11)21-15-7-6-14(24(25,26)27)8-17(15)33-18(21)9-16(29)19-12-2-4-13(5-3-12)20(19)23(30)31/h2*10,12-14H,2-9H2,1H3,(H,30,31)/t2*12?,13?,14-/m10/s1. The van der Waals surface area contributed by atoms with Gasteiger partial charge in [-0.25, -0.2) is 19.6 Å². The van der Waals surface area contributed by atoms with Gasteiger partial charge in [0.1, 0.15) is 10.0 Å². The van der Waals surface area contributed by atoms with Gasteiger partial charge in [-0.3, -0.25) is 9.59 Å². The number of halogens is 6. The molecule has 2 N–H and O–H groups in total. The Bertz CT molecular complexity index is 2490. The summed E-state index contributed by atoms with van der Waals surface area (Å²) in [6.07, 6.45) is -1.33. The van der Waals surface area contributed by atoms with Crippen LogP contribution in [0.4, 0.5) is 26.3 Å². The number of nitrogens with zero attached hydrogens (tertiary/aromatic N) is 2.